The van der Waals surface area contributed by atoms with Gasteiger partial charge in [-0.3, -0.25) is 14.4 Å². The number of carboxylic acids is 1. The van der Waals surface area contributed by atoms with Crippen LogP contribution in [0.25, 0.3) is 0 Å². The molecule has 4 unspecified atom stereocenters. The van der Waals surface area contributed by atoms with Crippen molar-refractivity contribution in [1.82, 2.24) is 0 Å². The smallest absolute Gasteiger partial charge is 0.311 e. The Balaban J connectivity index is 1.63. The van der Waals surface area contributed by atoms with Crippen LogP contribution in [0, 0.1) is 34.0 Å². The number of fused-ring (bicyclic) bond motifs is 5. The van der Waals surface area contributed by atoms with Crippen molar-refractivity contribution in [2.75, 3.05) is 0 Å². The topological polar surface area (TPSA) is 110 Å². The second kappa shape index (κ2) is 10.2. The maximum absolute atomic E-state index is 13.1. The summed E-state index contributed by atoms with van der Waals surface area (Å²) in [5.74, 6) is -1.39. The van der Waals surface area contributed by atoms with Gasteiger partial charge in [0.25, 0.3) is 0 Å². The van der Waals surface area contributed by atoms with Crippen LogP contribution in [-0.2, 0) is 23.9 Å². The predicted molar refractivity (Wildman–Crippen MR) is 142 cm³/mol. The minimum absolute atomic E-state index is 0.0888. The van der Waals surface area contributed by atoms with Crippen LogP contribution in [0.1, 0.15) is 86.0 Å². The number of hydrogen-bond donors (Lipinski definition) is 2. The van der Waals surface area contributed by atoms with Gasteiger partial charge in [0.1, 0.15) is 6.10 Å². The normalized spacial score (nSPS) is 37.7. The summed E-state index contributed by atoms with van der Waals surface area (Å²) in [6.07, 6.45) is 12.1. The predicted octanol–water partition coefficient (Wildman–Crippen LogP) is 5.49. The molecule has 0 spiro atoms. The van der Waals surface area contributed by atoms with Crippen molar-refractivity contribution in [2.45, 2.75) is 97.7 Å². The van der Waals surface area contributed by atoms with Gasteiger partial charge in [-0.2, -0.15) is 0 Å². The summed E-state index contributed by atoms with van der Waals surface area (Å²) in [4.78, 5) is 35.8. The first-order chi connectivity index (χ1) is 17.7. The molecule has 0 aromatic heterocycles. The van der Waals surface area contributed by atoms with E-state index in [0.29, 0.717) is 19.3 Å². The number of aliphatic carboxylic acids is 1. The third-order valence-corrected chi connectivity index (χ3v) is 9.56. The first-order valence-electron chi connectivity index (χ1n) is 13.8. The quantitative estimate of drug-likeness (QED) is 0.256. The Labute approximate surface area is 225 Å². The zero-order chi connectivity index (χ0) is 27.9. The Hall–Kier alpha value is -2.63. The summed E-state index contributed by atoms with van der Waals surface area (Å²) in [5, 5.41) is 20.7. The third-order valence-electron chi connectivity index (χ3n) is 9.56. The molecular formula is C31H42O7. The van der Waals surface area contributed by atoms with Crippen LogP contribution in [0.3, 0.4) is 0 Å². The van der Waals surface area contributed by atoms with E-state index in [1.165, 1.54) is 11.8 Å². The van der Waals surface area contributed by atoms with E-state index in [1.54, 1.807) is 6.08 Å². The molecule has 38 heavy (non-hydrogen) atoms. The Bertz CT molecular complexity index is 1100. The molecule has 0 bridgehead atoms. The second-order valence-corrected chi connectivity index (χ2v) is 13.3. The number of allylic oxidation sites excluding steroid dienone is 3. The molecule has 3 fully saturated rings. The highest BCUT2D eigenvalue weighted by molar-refractivity contribution is 5.76. The highest BCUT2D eigenvalue weighted by Gasteiger charge is 2.66. The van der Waals surface area contributed by atoms with Crippen LogP contribution in [0.4, 0.5) is 0 Å². The summed E-state index contributed by atoms with van der Waals surface area (Å²) in [7, 11) is 0. The number of esters is 2. The van der Waals surface area contributed by atoms with E-state index in [0.717, 1.165) is 19.3 Å². The van der Waals surface area contributed by atoms with Crippen molar-refractivity contribution in [1.29, 1.82) is 0 Å². The first kappa shape index (κ1) is 28.4. The molecule has 0 aromatic carbocycles. The van der Waals surface area contributed by atoms with Crippen LogP contribution < -0.4 is 0 Å². The van der Waals surface area contributed by atoms with Gasteiger partial charge in [-0.25, -0.2) is 0 Å². The van der Waals surface area contributed by atoms with Crippen LogP contribution >= 0.6 is 0 Å². The van der Waals surface area contributed by atoms with Gasteiger partial charge < -0.3 is 19.7 Å². The summed E-state index contributed by atoms with van der Waals surface area (Å²) in [6, 6.07) is 0. The molecule has 0 amide bonds. The zero-order valence-electron chi connectivity index (χ0n) is 23.3. The van der Waals surface area contributed by atoms with E-state index in [-0.39, 0.29) is 53.5 Å². The van der Waals surface area contributed by atoms with Gasteiger partial charge in [0, 0.05) is 16.7 Å². The van der Waals surface area contributed by atoms with Gasteiger partial charge in [-0.05, 0) is 67.1 Å². The summed E-state index contributed by atoms with van der Waals surface area (Å²) in [6.45, 7) is 10.4. The molecule has 7 nitrogen and oxygen atoms in total. The van der Waals surface area contributed by atoms with E-state index >= 15 is 0 Å². The van der Waals surface area contributed by atoms with Crippen molar-refractivity contribution in [3.63, 3.8) is 0 Å². The fourth-order valence-electron chi connectivity index (χ4n) is 7.74. The maximum Gasteiger partial charge on any atom is 0.311 e. The highest BCUT2D eigenvalue weighted by atomic mass is 16.5. The monoisotopic (exact) mass is 526 g/mol. The molecule has 7 atom stereocenters. The lowest BCUT2D eigenvalue weighted by Crippen LogP contribution is -2.59. The Morgan fingerprint density at radius 2 is 1.89 bits per heavy atom. The van der Waals surface area contributed by atoms with E-state index in [1.807, 2.05) is 32.9 Å². The van der Waals surface area contributed by atoms with Crippen molar-refractivity contribution >= 4 is 17.9 Å². The molecule has 0 heterocycles. The number of aliphatic hydroxyl groups is 1. The standard InChI is InChI=1S/C31H42O7/c1-28(2,3)19-26(35)38-23-18-30(5)22(21-10-9-20-8-6-7-14-29(20,4)27(21)23)13-15-31(30,36)16-17-37-25(34)12-11-24(32)33/h6-7,14,16-17,21-23,27,36H,9-13,15,18-19H2,1-5H3,(H,32,33)/t21?,22?,23?,27?,29-,30-,31-/m0/s1. The van der Waals surface area contributed by atoms with Crippen molar-refractivity contribution in [3.05, 3.63) is 41.9 Å². The van der Waals surface area contributed by atoms with Crippen LogP contribution in [-0.4, -0.2) is 39.8 Å². The molecule has 0 aromatic rings. The maximum atomic E-state index is 13.1. The van der Waals surface area contributed by atoms with Gasteiger partial charge >= 0.3 is 17.9 Å². The minimum atomic E-state index is -1.25. The summed E-state index contributed by atoms with van der Waals surface area (Å²) >= 11 is 0. The SMILES string of the molecule is CC(C)(C)CC(=O)OC1C[C@@]2(C)C(CC[C@]2(O)C=COC(=O)CCC(=O)O)C2CCC3=C=CC=C[C@]3(C)C12. The highest BCUT2D eigenvalue weighted by Crippen LogP contribution is 2.67. The number of carbonyl (C=O) groups is 3. The zero-order valence-corrected chi connectivity index (χ0v) is 23.3. The Morgan fingerprint density at radius 3 is 2.58 bits per heavy atom. The molecule has 2 N–H and O–H groups in total. The second-order valence-electron chi connectivity index (χ2n) is 13.3. The number of hydrogen-bond acceptors (Lipinski definition) is 6. The van der Waals surface area contributed by atoms with Gasteiger partial charge in [0.05, 0.1) is 31.1 Å². The lowest BCUT2D eigenvalue weighted by molar-refractivity contribution is -0.184. The lowest BCUT2D eigenvalue weighted by Gasteiger charge is -2.59. The van der Waals surface area contributed by atoms with Gasteiger partial charge in [0.15, 0.2) is 0 Å². The number of carbonyl (C=O) groups excluding carboxylic acids is 2. The Morgan fingerprint density at radius 1 is 1.16 bits per heavy atom. The molecule has 4 aliphatic rings. The fourth-order valence-corrected chi connectivity index (χ4v) is 7.74. The molecular weight excluding hydrogens is 484 g/mol. The van der Waals surface area contributed by atoms with E-state index in [4.69, 9.17) is 14.6 Å². The molecule has 3 saturated carbocycles. The molecule has 4 rings (SSSR count). The number of ether oxygens (including phenoxy) is 2. The van der Waals surface area contributed by atoms with Crippen molar-refractivity contribution in [3.8, 4) is 0 Å². The summed E-state index contributed by atoms with van der Waals surface area (Å²) in [5.41, 5.74) is 2.42. The molecule has 0 aliphatic heterocycles. The first-order valence-corrected chi connectivity index (χ1v) is 13.8. The van der Waals surface area contributed by atoms with Gasteiger partial charge in [-0.15, -0.1) is 5.73 Å². The van der Waals surface area contributed by atoms with Crippen LogP contribution in [0.15, 0.2) is 41.9 Å². The Kier molecular flexibility index (Phi) is 7.59. The van der Waals surface area contributed by atoms with Crippen molar-refractivity contribution in [2.24, 2.45) is 34.0 Å². The molecule has 208 valence electrons. The van der Waals surface area contributed by atoms with Crippen LogP contribution in [0.2, 0.25) is 0 Å². The number of rotatable bonds is 7. The third kappa shape index (κ3) is 5.28. The van der Waals surface area contributed by atoms with Gasteiger partial charge in [0.2, 0.25) is 0 Å². The van der Waals surface area contributed by atoms with Gasteiger partial charge in [-0.1, -0.05) is 46.8 Å². The molecule has 4 aliphatic carbocycles. The minimum Gasteiger partial charge on any atom is -0.481 e. The molecule has 0 radical (unpaired) electrons. The number of carboxylic acid groups (broad SMARTS) is 1. The average molecular weight is 527 g/mol. The summed E-state index contributed by atoms with van der Waals surface area (Å²) < 4.78 is 11.4. The van der Waals surface area contributed by atoms with Crippen molar-refractivity contribution < 1.29 is 34.1 Å². The fraction of sp³-hybridized carbons (Fsp3) is 0.677. The average Bonchev–Trinajstić information content (AvgIpc) is 3.06. The molecule has 7 heteroatoms. The van der Waals surface area contributed by atoms with Crippen LogP contribution in [0.5, 0.6) is 0 Å². The van der Waals surface area contributed by atoms with E-state index in [9.17, 15) is 19.5 Å². The largest absolute Gasteiger partial charge is 0.481 e. The van der Waals surface area contributed by atoms with E-state index in [2.05, 4.69) is 25.7 Å². The molecule has 0 saturated heterocycles. The lowest BCUT2D eigenvalue weighted by atomic mass is 9.46. The van der Waals surface area contributed by atoms with E-state index < -0.39 is 23.0 Å².